The molecule has 2 rings (SSSR count). The van der Waals surface area contributed by atoms with Crippen LogP contribution in [0.5, 0.6) is 0 Å². The number of H-pyrrole nitrogens is 1. The van der Waals surface area contributed by atoms with Gasteiger partial charge in [-0.3, -0.25) is 4.79 Å². The molecule has 74 valence electrons. The van der Waals surface area contributed by atoms with Gasteiger partial charge in [0.05, 0.1) is 0 Å². The fraction of sp³-hybridized carbons (Fsp3) is 0.444. The zero-order valence-electron chi connectivity index (χ0n) is 7.73. The fourth-order valence-electron chi connectivity index (χ4n) is 1.68. The maximum atomic E-state index is 11.2. The molecule has 0 aliphatic heterocycles. The van der Waals surface area contributed by atoms with E-state index in [-0.39, 0.29) is 11.0 Å². The Morgan fingerprint density at radius 2 is 2.07 bits per heavy atom. The van der Waals surface area contributed by atoms with Gasteiger partial charge in [0.2, 0.25) is 5.56 Å². The van der Waals surface area contributed by atoms with Crippen molar-refractivity contribution in [3.05, 3.63) is 28.2 Å². The van der Waals surface area contributed by atoms with E-state index in [2.05, 4.69) is 4.98 Å². The van der Waals surface area contributed by atoms with Crippen molar-refractivity contribution in [2.45, 2.75) is 25.2 Å². The highest BCUT2D eigenvalue weighted by Crippen LogP contribution is 2.34. The van der Waals surface area contributed by atoms with Gasteiger partial charge in [-0.2, -0.15) is 0 Å². The number of hydrogen-bond donors (Lipinski definition) is 3. The van der Waals surface area contributed by atoms with E-state index in [1.54, 1.807) is 6.07 Å². The van der Waals surface area contributed by atoms with Crippen LogP contribution >= 0.6 is 0 Å². The molecule has 3 N–H and O–H groups in total. The minimum Gasteiger partial charge on any atom is -0.423 e. The Balaban J connectivity index is 2.35. The van der Waals surface area contributed by atoms with Crippen LogP contribution in [0.3, 0.4) is 0 Å². The van der Waals surface area contributed by atoms with Gasteiger partial charge in [-0.1, -0.05) is 6.42 Å². The summed E-state index contributed by atoms with van der Waals surface area (Å²) in [6.45, 7) is 0. The van der Waals surface area contributed by atoms with Gasteiger partial charge in [0.25, 0.3) is 0 Å². The third-order valence-corrected chi connectivity index (χ3v) is 2.73. The van der Waals surface area contributed by atoms with Gasteiger partial charge in [0.1, 0.15) is 0 Å². The van der Waals surface area contributed by atoms with Crippen molar-refractivity contribution < 1.29 is 10.0 Å². The Labute approximate surface area is 81.7 Å². The van der Waals surface area contributed by atoms with E-state index in [1.807, 2.05) is 0 Å². The Hall–Kier alpha value is -1.07. The van der Waals surface area contributed by atoms with Crippen LogP contribution in [0.15, 0.2) is 16.9 Å². The van der Waals surface area contributed by atoms with Crippen molar-refractivity contribution in [2.24, 2.45) is 0 Å². The normalized spacial score (nSPS) is 16.4. The topological polar surface area (TPSA) is 73.3 Å². The van der Waals surface area contributed by atoms with Crippen LogP contribution in [-0.4, -0.2) is 22.2 Å². The van der Waals surface area contributed by atoms with E-state index in [9.17, 15) is 4.79 Å². The first kappa shape index (κ1) is 9.49. The Morgan fingerprint density at radius 3 is 2.57 bits per heavy atom. The summed E-state index contributed by atoms with van der Waals surface area (Å²) >= 11 is 0. The molecule has 1 saturated carbocycles. The van der Waals surface area contributed by atoms with Gasteiger partial charge in [0, 0.05) is 11.8 Å². The van der Waals surface area contributed by atoms with E-state index in [0.29, 0.717) is 5.92 Å². The molecule has 0 saturated heterocycles. The zero-order valence-corrected chi connectivity index (χ0v) is 7.73. The molecule has 0 amide bonds. The summed E-state index contributed by atoms with van der Waals surface area (Å²) < 4.78 is 0. The van der Waals surface area contributed by atoms with Crippen LogP contribution in [0.2, 0.25) is 0 Å². The number of aromatic nitrogens is 1. The monoisotopic (exact) mass is 193 g/mol. The van der Waals surface area contributed by atoms with Gasteiger partial charge >= 0.3 is 7.12 Å². The molecule has 0 atom stereocenters. The molecule has 4 nitrogen and oxygen atoms in total. The second kappa shape index (κ2) is 3.59. The molecule has 0 radical (unpaired) electrons. The lowest BCUT2D eigenvalue weighted by molar-refractivity contribution is 0.409. The third kappa shape index (κ3) is 1.74. The van der Waals surface area contributed by atoms with Crippen LogP contribution in [0.4, 0.5) is 0 Å². The number of nitrogens with one attached hydrogen (secondary N) is 1. The molecule has 5 heteroatoms. The average molecular weight is 193 g/mol. The van der Waals surface area contributed by atoms with Gasteiger partial charge in [0.15, 0.2) is 0 Å². The maximum absolute atomic E-state index is 11.2. The third-order valence-electron chi connectivity index (χ3n) is 2.73. The highest BCUT2D eigenvalue weighted by atomic mass is 16.4. The second-order valence-electron chi connectivity index (χ2n) is 3.73. The fourth-order valence-corrected chi connectivity index (χ4v) is 1.68. The summed E-state index contributed by atoms with van der Waals surface area (Å²) in [6.07, 6.45) is 3.32. The lowest BCUT2D eigenvalue weighted by Gasteiger charge is -2.25. The van der Waals surface area contributed by atoms with Crippen LogP contribution in [0.25, 0.3) is 0 Å². The summed E-state index contributed by atoms with van der Waals surface area (Å²) in [5.41, 5.74) is 0.833. The molecule has 1 aliphatic carbocycles. The van der Waals surface area contributed by atoms with Crippen LogP contribution in [0, 0.1) is 0 Å². The number of hydrogen-bond acceptors (Lipinski definition) is 3. The predicted molar refractivity (Wildman–Crippen MR) is 53.5 cm³/mol. The van der Waals surface area contributed by atoms with Crippen molar-refractivity contribution in [1.29, 1.82) is 0 Å². The van der Waals surface area contributed by atoms with Crippen LogP contribution < -0.4 is 11.0 Å². The molecule has 1 aliphatic rings. The summed E-state index contributed by atoms with van der Waals surface area (Å²) in [6, 6.07) is 2.88. The van der Waals surface area contributed by atoms with E-state index in [1.165, 1.54) is 12.5 Å². The first-order valence-corrected chi connectivity index (χ1v) is 4.77. The molecule has 0 aromatic carbocycles. The lowest BCUT2D eigenvalue weighted by Crippen LogP contribution is -2.34. The van der Waals surface area contributed by atoms with Gasteiger partial charge < -0.3 is 15.0 Å². The molecular formula is C9H12BNO3. The molecule has 1 fully saturated rings. The molecule has 0 bridgehead atoms. The van der Waals surface area contributed by atoms with E-state index >= 15 is 0 Å². The highest BCUT2D eigenvalue weighted by Gasteiger charge is 2.22. The molecule has 1 aromatic rings. The van der Waals surface area contributed by atoms with Gasteiger partial charge in [-0.05, 0) is 30.3 Å². The average Bonchev–Trinajstić information content (AvgIpc) is 1.99. The minimum atomic E-state index is -1.56. The molecule has 14 heavy (non-hydrogen) atoms. The van der Waals surface area contributed by atoms with Crippen molar-refractivity contribution in [2.75, 3.05) is 0 Å². The summed E-state index contributed by atoms with van der Waals surface area (Å²) in [7, 11) is -1.56. The standard InChI is InChI=1S/C9H12BNO3/c12-9-5-7(10(13)14)4-8(11-9)6-2-1-3-6/h4-6,13-14H,1-3H2,(H,11,12). The van der Waals surface area contributed by atoms with Crippen LogP contribution in [0.1, 0.15) is 30.9 Å². The van der Waals surface area contributed by atoms with E-state index in [0.717, 1.165) is 18.5 Å². The maximum Gasteiger partial charge on any atom is 0.488 e. The van der Waals surface area contributed by atoms with Crippen molar-refractivity contribution in [1.82, 2.24) is 4.98 Å². The van der Waals surface area contributed by atoms with Crippen LogP contribution in [-0.2, 0) is 0 Å². The lowest BCUT2D eigenvalue weighted by atomic mass is 9.77. The first-order chi connectivity index (χ1) is 6.66. The van der Waals surface area contributed by atoms with E-state index < -0.39 is 7.12 Å². The highest BCUT2D eigenvalue weighted by molar-refractivity contribution is 6.58. The van der Waals surface area contributed by atoms with Crippen molar-refractivity contribution in [3.8, 4) is 0 Å². The molecule has 0 spiro atoms. The summed E-state index contributed by atoms with van der Waals surface area (Å²) in [5.74, 6) is 0.390. The Morgan fingerprint density at radius 1 is 1.36 bits per heavy atom. The number of aromatic amines is 1. The largest absolute Gasteiger partial charge is 0.488 e. The van der Waals surface area contributed by atoms with Gasteiger partial charge in [-0.15, -0.1) is 0 Å². The smallest absolute Gasteiger partial charge is 0.423 e. The summed E-state index contributed by atoms with van der Waals surface area (Å²) in [4.78, 5) is 13.9. The molecular weight excluding hydrogens is 181 g/mol. The molecule has 0 unspecified atom stereocenters. The Bertz CT molecular complexity index is 384. The van der Waals surface area contributed by atoms with Gasteiger partial charge in [-0.25, -0.2) is 0 Å². The molecule has 1 heterocycles. The quantitative estimate of drug-likeness (QED) is 0.545. The first-order valence-electron chi connectivity index (χ1n) is 4.77. The zero-order chi connectivity index (χ0) is 10.1. The van der Waals surface area contributed by atoms with Crippen molar-refractivity contribution in [3.63, 3.8) is 0 Å². The van der Waals surface area contributed by atoms with Crippen molar-refractivity contribution >= 4 is 12.6 Å². The number of pyridine rings is 1. The Kier molecular flexibility index (Phi) is 2.43. The van der Waals surface area contributed by atoms with E-state index in [4.69, 9.17) is 10.0 Å². The minimum absolute atomic E-state index is 0.266. The molecule has 1 aromatic heterocycles. The summed E-state index contributed by atoms with van der Waals surface area (Å²) in [5, 5.41) is 17.9. The second-order valence-corrected chi connectivity index (χ2v) is 3.73. The number of rotatable bonds is 2. The predicted octanol–water partition coefficient (Wildman–Crippen LogP) is -0.678. The SMILES string of the molecule is O=c1cc(B(O)O)cc(C2CCC2)[nH]1.